The van der Waals surface area contributed by atoms with E-state index >= 15 is 0 Å². The Labute approximate surface area is 107 Å². The smallest absolute Gasteiger partial charge is 0.272 e. The Balaban J connectivity index is 2.14. The molecule has 0 saturated carbocycles. The molecule has 1 amide bonds. The Morgan fingerprint density at radius 1 is 1.44 bits per heavy atom. The van der Waals surface area contributed by atoms with Crippen molar-refractivity contribution in [2.45, 2.75) is 45.1 Å². The van der Waals surface area contributed by atoms with Gasteiger partial charge in [-0.3, -0.25) is 14.7 Å². The zero-order valence-corrected chi connectivity index (χ0v) is 10.7. The van der Waals surface area contributed by atoms with Crippen molar-refractivity contribution in [2.75, 3.05) is 6.54 Å². The SMILES string of the molecule is CC(=O)CC1CCCCCN1C(=O)c1ccn[nH]1. The number of likely N-dealkylation sites (tertiary alicyclic amines) is 1. The van der Waals surface area contributed by atoms with Crippen LogP contribution < -0.4 is 0 Å². The normalized spacial score (nSPS) is 20.5. The van der Waals surface area contributed by atoms with E-state index in [-0.39, 0.29) is 17.7 Å². The molecule has 1 aromatic rings. The topological polar surface area (TPSA) is 66.1 Å². The minimum absolute atomic E-state index is 0.0411. The number of ketones is 1. The van der Waals surface area contributed by atoms with Crippen LogP contribution in [-0.2, 0) is 4.79 Å². The molecule has 0 spiro atoms. The van der Waals surface area contributed by atoms with Crippen LogP contribution in [0.3, 0.4) is 0 Å². The summed E-state index contributed by atoms with van der Waals surface area (Å²) in [4.78, 5) is 25.5. The fourth-order valence-electron chi connectivity index (χ4n) is 2.52. The van der Waals surface area contributed by atoms with Crippen LogP contribution in [0.2, 0.25) is 0 Å². The van der Waals surface area contributed by atoms with Gasteiger partial charge >= 0.3 is 0 Å². The number of carbonyl (C=O) groups is 2. The number of hydrogen-bond donors (Lipinski definition) is 1. The van der Waals surface area contributed by atoms with Gasteiger partial charge in [-0.2, -0.15) is 5.10 Å². The molecule has 5 nitrogen and oxygen atoms in total. The van der Waals surface area contributed by atoms with Crippen LogP contribution in [0, 0.1) is 0 Å². The number of carbonyl (C=O) groups excluding carboxylic acids is 2. The van der Waals surface area contributed by atoms with Crippen LogP contribution in [0.25, 0.3) is 0 Å². The first-order valence-corrected chi connectivity index (χ1v) is 6.48. The number of H-pyrrole nitrogens is 1. The zero-order valence-electron chi connectivity index (χ0n) is 10.7. The lowest BCUT2D eigenvalue weighted by Crippen LogP contribution is -2.41. The molecular formula is C13H19N3O2. The third kappa shape index (κ3) is 2.97. The van der Waals surface area contributed by atoms with Crippen molar-refractivity contribution in [2.24, 2.45) is 0 Å². The summed E-state index contributed by atoms with van der Waals surface area (Å²) in [6.45, 7) is 2.32. The molecular weight excluding hydrogens is 230 g/mol. The van der Waals surface area contributed by atoms with Crippen molar-refractivity contribution < 1.29 is 9.59 Å². The number of amides is 1. The van der Waals surface area contributed by atoms with Crippen LogP contribution in [-0.4, -0.2) is 39.4 Å². The molecule has 5 heteroatoms. The summed E-state index contributed by atoms with van der Waals surface area (Å²) in [6, 6.07) is 1.72. The highest BCUT2D eigenvalue weighted by Crippen LogP contribution is 2.21. The maximum atomic E-state index is 12.3. The van der Waals surface area contributed by atoms with Gasteiger partial charge in [-0.15, -0.1) is 0 Å². The summed E-state index contributed by atoms with van der Waals surface area (Å²) in [5.74, 6) is 0.102. The molecule has 2 rings (SSSR count). The molecule has 2 heterocycles. The Hall–Kier alpha value is -1.65. The average Bonchev–Trinajstić information content (AvgIpc) is 2.76. The largest absolute Gasteiger partial charge is 0.334 e. The van der Waals surface area contributed by atoms with Crippen LogP contribution >= 0.6 is 0 Å². The van der Waals surface area contributed by atoms with Gasteiger partial charge in [-0.25, -0.2) is 0 Å². The maximum absolute atomic E-state index is 12.3. The molecule has 98 valence electrons. The van der Waals surface area contributed by atoms with Crippen LogP contribution in [0.15, 0.2) is 12.3 Å². The number of nitrogens with one attached hydrogen (secondary N) is 1. The molecule has 1 aliphatic rings. The highest BCUT2D eigenvalue weighted by Gasteiger charge is 2.27. The number of aromatic nitrogens is 2. The monoisotopic (exact) mass is 249 g/mol. The van der Waals surface area contributed by atoms with Gasteiger partial charge in [0.1, 0.15) is 11.5 Å². The molecule has 1 aliphatic heterocycles. The van der Waals surface area contributed by atoms with Crippen molar-refractivity contribution in [1.82, 2.24) is 15.1 Å². The highest BCUT2D eigenvalue weighted by atomic mass is 16.2. The average molecular weight is 249 g/mol. The first-order valence-electron chi connectivity index (χ1n) is 6.48. The predicted molar refractivity (Wildman–Crippen MR) is 67.2 cm³/mol. The highest BCUT2D eigenvalue weighted by molar-refractivity contribution is 5.92. The van der Waals surface area contributed by atoms with E-state index in [0.717, 1.165) is 32.2 Å². The van der Waals surface area contributed by atoms with E-state index in [1.807, 2.05) is 4.90 Å². The number of hydrogen-bond acceptors (Lipinski definition) is 3. The summed E-state index contributed by atoms with van der Waals surface area (Å²) in [5.41, 5.74) is 0.505. The van der Waals surface area contributed by atoms with Gasteiger partial charge in [-0.1, -0.05) is 12.8 Å². The van der Waals surface area contributed by atoms with Gasteiger partial charge < -0.3 is 4.90 Å². The van der Waals surface area contributed by atoms with Gasteiger partial charge in [0.15, 0.2) is 0 Å². The predicted octanol–water partition coefficient (Wildman–Crippen LogP) is 1.77. The van der Waals surface area contributed by atoms with E-state index in [2.05, 4.69) is 10.2 Å². The lowest BCUT2D eigenvalue weighted by atomic mass is 10.0. The fourth-order valence-corrected chi connectivity index (χ4v) is 2.52. The van der Waals surface area contributed by atoms with E-state index in [1.165, 1.54) is 0 Å². The number of nitrogens with zero attached hydrogens (tertiary/aromatic N) is 2. The summed E-state index contributed by atoms with van der Waals surface area (Å²) in [6.07, 6.45) is 6.17. The second-order valence-electron chi connectivity index (χ2n) is 4.88. The van der Waals surface area contributed by atoms with E-state index in [4.69, 9.17) is 0 Å². The molecule has 1 fully saturated rings. The Bertz CT molecular complexity index is 414. The third-order valence-corrected chi connectivity index (χ3v) is 3.39. The van der Waals surface area contributed by atoms with E-state index in [1.54, 1.807) is 19.2 Å². The zero-order chi connectivity index (χ0) is 13.0. The van der Waals surface area contributed by atoms with Crippen molar-refractivity contribution in [3.8, 4) is 0 Å². The molecule has 0 bridgehead atoms. The summed E-state index contributed by atoms with van der Waals surface area (Å²) in [5, 5.41) is 6.51. The Morgan fingerprint density at radius 3 is 2.94 bits per heavy atom. The van der Waals surface area contributed by atoms with E-state index in [9.17, 15) is 9.59 Å². The van der Waals surface area contributed by atoms with Crippen molar-refractivity contribution >= 4 is 11.7 Å². The molecule has 0 aliphatic carbocycles. The molecule has 1 aromatic heterocycles. The lowest BCUT2D eigenvalue weighted by molar-refractivity contribution is -0.118. The fraction of sp³-hybridized carbons (Fsp3) is 0.615. The number of aromatic amines is 1. The molecule has 0 aromatic carbocycles. The van der Waals surface area contributed by atoms with E-state index < -0.39 is 0 Å². The molecule has 1 saturated heterocycles. The van der Waals surface area contributed by atoms with Crippen LogP contribution in [0.1, 0.15) is 49.5 Å². The summed E-state index contributed by atoms with van der Waals surface area (Å²) in [7, 11) is 0. The molecule has 0 radical (unpaired) electrons. The van der Waals surface area contributed by atoms with Crippen molar-refractivity contribution in [3.63, 3.8) is 0 Å². The molecule has 1 N–H and O–H groups in total. The second-order valence-corrected chi connectivity index (χ2v) is 4.88. The maximum Gasteiger partial charge on any atom is 0.272 e. The van der Waals surface area contributed by atoms with Crippen molar-refractivity contribution in [3.05, 3.63) is 18.0 Å². The molecule has 1 unspecified atom stereocenters. The van der Waals surface area contributed by atoms with E-state index in [0.29, 0.717) is 12.1 Å². The van der Waals surface area contributed by atoms with Gasteiger partial charge in [0.25, 0.3) is 5.91 Å². The summed E-state index contributed by atoms with van der Waals surface area (Å²) < 4.78 is 0. The summed E-state index contributed by atoms with van der Waals surface area (Å²) >= 11 is 0. The molecule has 18 heavy (non-hydrogen) atoms. The van der Waals surface area contributed by atoms with Gasteiger partial charge in [-0.05, 0) is 25.8 Å². The second kappa shape index (κ2) is 5.80. The molecule has 1 atom stereocenters. The minimum atomic E-state index is -0.0411. The first-order chi connectivity index (χ1) is 8.68. The van der Waals surface area contributed by atoms with Gasteiger partial charge in [0.05, 0.1) is 0 Å². The number of rotatable bonds is 3. The van der Waals surface area contributed by atoms with Crippen molar-refractivity contribution in [1.29, 1.82) is 0 Å². The van der Waals surface area contributed by atoms with Gasteiger partial charge in [0.2, 0.25) is 0 Å². The Kier molecular flexibility index (Phi) is 4.12. The third-order valence-electron chi connectivity index (χ3n) is 3.39. The van der Waals surface area contributed by atoms with Crippen LogP contribution in [0.5, 0.6) is 0 Å². The Morgan fingerprint density at radius 2 is 2.28 bits per heavy atom. The van der Waals surface area contributed by atoms with Gasteiger partial charge in [0, 0.05) is 25.2 Å². The minimum Gasteiger partial charge on any atom is -0.334 e. The number of Topliss-reactive ketones (excluding diaryl/α,β-unsaturated/α-hetero) is 1. The standard InChI is InChI=1S/C13H19N3O2/c1-10(17)9-11-5-3-2-4-8-16(11)13(18)12-6-7-14-15-12/h6-7,11H,2-5,8-9H2,1H3,(H,14,15). The lowest BCUT2D eigenvalue weighted by Gasteiger charge is -2.29. The first kappa shape index (κ1) is 12.8. The van der Waals surface area contributed by atoms with Crippen LogP contribution in [0.4, 0.5) is 0 Å². The quantitative estimate of drug-likeness (QED) is 0.887.